The molecule has 0 N–H and O–H groups in total. The van der Waals surface area contributed by atoms with Crippen molar-refractivity contribution in [1.82, 2.24) is 0 Å². The lowest BCUT2D eigenvalue weighted by molar-refractivity contribution is -0.124. The van der Waals surface area contributed by atoms with Crippen LogP contribution in [0.5, 0.6) is 0 Å². The van der Waals surface area contributed by atoms with Crippen molar-refractivity contribution in [3.05, 3.63) is 35.2 Å². The smallest absolute Gasteiger partial charge is 0.154 e. The normalized spacial score (nSPS) is 17.9. The Balaban J connectivity index is 2.10. The number of hydrogen-bond donors (Lipinski definition) is 0. The van der Waals surface area contributed by atoms with Crippen LogP contribution in [-0.4, -0.2) is 11.1 Å². The van der Waals surface area contributed by atoms with Crippen LogP contribution in [0, 0.1) is 0 Å². The summed E-state index contributed by atoms with van der Waals surface area (Å²) in [6, 6.07) is 10.6. The van der Waals surface area contributed by atoms with E-state index in [0.717, 1.165) is 12.8 Å². The highest BCUT2D eigenvalue weighted by Gasteiger charge is 2.45. The van der Waals surface area contributed by atoms with Crippen molar-refractivity contribution in [2.24, 2.45) is 0 Å². The molecule has 0 aliphatic heterocycles. The molecule has 0 saturated heterocycles. The number of fused-ring (bicyclic) bond motifs is 1. The van der Waals surface area contributed by atoms with Crippen LogP contribution in [-0.2, 0) is 10.2 Å². The number of rotatable bonds is 3. The van der Waals surface area contributed by atoms with Gasteiger partial charge in [0.25, 0.3) is 0 Å². The molecule has 0 amide bonds. The van der Waals surface area contributed by atoms with Crippen molar-refractivity contribution < 1.29 is 4.79 Å². The molecule has 1 aromatic heterocycles. The number of halogens is 1. The van der Waals surface area contributed by atoms with E-state index in [2.05, 4.69) is 46.3 Å². The van der Waals surface area contributed by atoms with Gasteiger partial charge >= 0.3 is 0 Å². The molecular weight excluding hydrogens is 296 g/mol. The summed E-state index contributed by atoms with van der Waals surface area (Å²) in [6.07, 6.45) is 3.21. The minimum Gasteiger partial charge on any atom is -0.298 e. The molecule has 1 aromatic carbocycles. The van der Waals surface area contributed by atoms with Crippen LogP contribution in [0.1, 0.15) is 24.1 Å². The van der Waals surface area contributed by atoms with Gasteiger partial charge in [0.2, 0.25) is 0 Å². The summed E-state index contributed by atoms with van der Waals surface area (Å²) in [5.41, 5.74) is -0.173. The maximum absolute atomic E-state index is 12.2. The number of carbonyl (C=O) groups is 1. The van der Waals surface area contributed by atoms with Crippen molar-refractivity contribution in [3.63, 3.8) is 0 Å². The van der Waals surface area contributed by atoms with E-state index in [-0.39, 0.29) is 5.41 Å². The van der Waals surface area contributed by atoms with Crippen molar-refractivity contribution in [3.8, 4) is 0 Å². The quantitative estimate of drug-likeness (QED) is 0.773. The Kier molecular flexibility index (Phi) is 2.83. The van der Waals surface area contributed by atoms with E-state index in [4.69, 9.17) is 0 Å². The highest BCUT2D eigenvalue weighted by molar-refractivity contribution is 9.09. The van der Waals surface area contributed by atoms with Gasteiger partial charge in [-0.25, -0.2) is 0 Å². The minimum atomic E-state index is -0.173. The lowest BCUT2D eigenvalue weighted by Crippen LogP contribution is -2.42. The average molecular weight is 309 g/mol. The van der Waals surface area contributed by atoms with Gasteiger partial charge < -0.3 is 0 Å². The summed E-state index contributed by atoms with van der Waals surface area (Å²) in [5.74, 6) is 0.343. The summed E-state index contributed by atoms with van der Waals surface area (Å²) in [6.45, 7) is 0. The van der Waals surface area contributed by atoms with Crippen molar-refractivity contribution >= 4 is 43.1 Å². The van der Waals surface area contributed by atoms with E-state index in [1.807, 2.05) is 0 Å². The average Bonchev–Trinajstić information content (AvgIpc) is 2.70. The first kappa shape index (κ1) is 11.4. The predicted molar refractivity (Wildman–Crippen MR) is 76.2 cm³/mol. The molecule has 0 bridgehead atoms. The van der Waals surface area contributed by atoms with Crippen molar-refractivity contribution in [1.29, 1.82) is 0 Å². The third kappa shape index (κ3) is 1.67. The van der Waals surface area contributed by atoms with Crippen LogP contribution in [0.3, 0.4) is 0 Å². The van der Waals surface area contributed by atoms with E-state index < -0.39 is 0 Å². The third-order valence-corrected chi connectivity index (χ3v) is 5.59. The van der Waals surface area contributed by atoms with Gasteiger partial charge in [0, 0.05) is 9.58 Å². The Hall–Kier alpha value is -0.670. The fourth-order valence-corrected chi connectivity index (χ4v) is 4.40. The van der Waals surface area contributed by atoms with E-state index in [0.29, 0.717) is 11.1 Å². The summed E-state index contributed by atoms with van der Waals surface area (Å²) < 4.78 is 1.29. The van der Waals surface area contributed by atoms with Crippen LogP contribution < -0.4 is 0 Å². The van der Waals surface area contributed by atoms with Crippen LogP contribution >= 0.6 is 27.3 Å². The molecule has 1 saturated carbocycles. The summed E-state index contributed by atoms with van der Waals surface area (Å²) in [7, 11) is 0. The van der Waals surface area contributed by atoms with Gasteiger partial charge in [-0.2, -0.15) is 0 Å². The number of alkyl halides is 1. The first-order valence-corrected chi connectivity index (χ1v) is 7.78. The number of Topliss-reactive ketones (excluding diaryl/α,β-unsaturated/α-hetero) is 1. The highest BCUT2D eigenvalue weighted by Crippen LogP contribution is 2.48. The lowest BCUT2D eigenvalue weighted by Gasteiger charge is -2.39. The summed E-state index contributed by atoms with van der Waals surface area (Å²) >= 11 is 5.10. The largest absolute Gasteiger partial charge is 0.298 e. The fraction of sp³-hybridized carbons (Fsp3) is 0.357. The van der Waals surface area contributed by atoms with Crippen LogP contribution in [0.15, 0.2) is 30.3 Å². The molecule has 0 radical (unpaired) electrons. The van der Waals surface area contributed by atoms with Crippen LogP contribution in [0.25, 0.3) is 10.1 Å². The lowest BCUT2D eigenvalue weighted by atomic mass is 9.65. The van der Waals surface area contributed by atoms with Crippen LogP contribution in [0.2, 0.25) is 0 Å². The standard InChI is InChI=1S/C14H13BrOS/c15-9-12(16)14(6-3-7-14)13-8-10-4-1-2-5-11(10)17-13/h1-2,4-5,8H,3,6-7,9H2. The zero-order chi connectivity index (χ0) is 11.9. The zero-order valence-corrected chi connectivity index (χ0v) is 11.8. The minimum absolute atomic E-state index is 0.173. The predicted octanol–water partition coefficient (Wildman–Crippen LogP) is 4.29. The molecule has 1 aliphatic rings. The molecule has 0 atom stereocenters. The summed E-state index contributed by atoms with van der Waals surface area (Å²) in [4.78, 5) is 13.4. The SMILES string of the molecule is O=C(CBr)C1(c2cc3ccccc3s2)CCC1. The summed E-state index contributed by atoms with van der Waals surface area (Å²) in [5, 5.41) is 1.74. The number of benzene rings is 1. The van der Waals surface area contributed by atoms with Gasteiger partial charge in [-0.1, -0.05) is 40.5 Å². The molecule has 17 heavy (non-hydrogen) atoms. The monoisotopic (exact) mass is 308 g/mol. The number of carbonyl (C=O) groups excluding carboxylic acids is 1. The number of thiophene rings is 1. The Morgan fingerprint density at radius 3 is 2.71 bits per heavy atom. The van der Waals surface area contributed by atoms with Gasteiger partial charge in [-0.3, -0.25) is 4.79 Å². The Morgan fingerprint density at radius 2 is 2.12 bits per heavy atom. The first-order valence-electron chi connectivity index (χ1n) is 5.84. The molecule has 1 aliphatic carbocycles. The molecule has 1 nitrogen and oxygen atoms in total. The second-order valence-corrected chi connectivity index (χ2v) is 6.29. The first-order chi connectivity index (χ1) is 8.26. The molecule has 1 heterocycles. The second kappa shape index (κ2) is 4.21. The van der Waals surface area contributed by atoms with E-state index in [9.17, 15) is 4.79 Å². The highest BCUT2D eigenvalue weighted by atomic mass is 79.9. The number of ketones is 1. The molecule has 88 valence electrons. The van der Waals surface area contributed by atoms with Crippen molar-refractivity contribution in [2.45, 2.75) is 24.7 Å². The second-order valence-electron chi connectivity index (χ2n) is 4.64. The van der Waals surface area contributed by atoms with E-state index in [1.165, 1.54) is 21.4 Å². The van der Waals surface area contributed by atoms with E-state index in [1.54, 1.807) is 11.3 Å². The Labute approximate surface area is 113 Å². The van der Waals surface area contributed by atoms with Crippen molar-refractivity contribution in [2.75, 3.05) is 5.33 Å². The maximum Gasteiger partial charge on any atom is 0.154 e. The van der Waals surface area contributed by atoms with Gasteiger partial charge in [0.1, 0.15) is 0 Å². The van der Waals surface area contributed by atoms with E-state index >= 15 is 0 Å². The molecule has 0 spiro atoms. The number of hydrogen-bond acceptors (Lipinski definition) is 2. The van der Waals surface area contributed by atoms with Gasteiger partial charge in [0.15, 0.2) is 5.78 Å². The zero-order valence-electron chi connectivity index (χ0n) is 9.41. The molecule has 3 rings (SSSR count). The topological polar surface area (TPSA) is 17.1 Å². The molecule has 2 aromatic rings. The van der Waals surface area contributed by atoms with Crippen LogP contribution in [0.4, 0.5) is 0 Å². The Bertz CT molecular complexity index is 535. The molecule has 0 unspecified atom stereocenters. The maximum atomic E-state index is 12.2. The molecule has 1 fully saturated rings. The van der Waals surface area contributed by atoms with Gasteiger partial charge in [0.05, 0.1) is 10.7 Å². The van der Waals surface area contributed by atoms with Gasteiger partial charge in [-0.15, -0.1) is 11.3 Å². The molecular formula is C14H13BrOS. The Morgan fingerprint density at radius 1 is 1.35 bits per heavy atom. The van der Waals surface area contributed by atoms with Gasteiger partial charge in [-0.05, 0) is 30.4 Å². The fourth-order valence-electron chi connectivity index (χ4n) is 2.54. The third-order valence-electron chi connectivity index (χ3n) is 3.76. The molecule has 3 heteroatoms.